The zero-order chi connectivity index (χ0) is 17.1. The maximum absolute atomic E-state index is 14.4. The molecule has 3 rings (SSSR count). The zero-order valence-electron chi connectivity index (χ0n) is 14.2. The molecule has 2 aromatic carbocycles. The summed E-state index contributed by atoms with van der Waals surface area (Å²) in [5.74, 6) is 6.13. The highest BCUT2D eigenvalue weighted by molar-refractivity contribution is 5.74. The Bertz CT molecular complexity index is 793. The number of aromatic hydroxyl groups is 1. The van der Waals surface area contributed by atoms with Gasteiger partial charge in [0.15, 0.2) is 0 Å². The molecule has 1 aliphatic rings. The van der Waals surface area contributed by atoms with Crippen LogP contribution >= 0.6 is 0 Å². The fourth-order valence-corrected chi connectivity index (χ4v) is 3.34. The van der Waals surface area contributed by atoms with Crippen molar-refractivity contribution in [1.82, 2.24) is 4.90 Å². The molecule has 0 atom stereocenters. The number of hydrogen-bond acceptors (Lipinski definition) is 2. The van der Waals surface area contributed by atoms with E-state index in [0.717, 1.165) is 35.3 Å². The van der Waals surface area contributed by atoms with Crippen LogP contribution in [0.15, 0.2) is 30.3 Å². The average molecular weight is 323 g/mol. The second kappa shape index (κ2) is 7.07. The smallest absolute Gasteiger partial charge is 0.139 e. The highest BCUT2D eigenvalue weighted by Crippen LogP contribution is 2.31. The minimum Gasteiger partial charge on any atom is -0.508 e. The molecule has 0 amide bonds. The minimum atomic E-state index is -0.263. The van der Waals surface area contributed by atoms with Gasteiger partial charge < -0.3 is 5.11 Å². The van der Waals surface area contributed by atoms with Crippen molar-refractivity contribution in [3.8, 4) is 28.7 Å². The summed E-state index contributed by atoms with van der Waals surface area (Å²) >= 11 is 0. The lowest BCUT2D eigenvalue weighted by Crippen LogP contribution is -2.19. The van der Waals surface area contributed by atoms with Crippen molar-refractivity contribution in [3.05, 3.63) is 52.8 Å². The number of benzene rings is 2. The molecule has 0 saturated carbocycles. The first-order valence-corrected chi connectivity index (χ1v) is 8.36. The van der Waals surface area contributed by atoms with E-state index < -0.39 is 0 Å². The summed E-state index contributed by atoms with van der Waals surface area (Å²) in [4.78, 5) is 2.30. The first-order chi connectivity index (χ1) is 11.6. The molecule has 3 heteroatoms. The first-order valence-electron chi connectivity index (χ1n) is 8.36. The molecule has 1 heterocycles. The van der Waals surface area contributed by atoms with Crippen molar-refractivity contribution in [3.63, 3.8) is 0 Å². The molecule has 1 aliphatic heterocycles. The largest absolute Gasteiger partial charge is 0.508 e. The summed E-state index contributed by atoms with van der Waals surface area (Å²) in [6, 6.07) is 8.55. The molecule has 2 aromatic rings. The van der Waals surface area contributed by atoms with E-state index in [0.29, 0.717) is 12.1 Å². The third kappa shape index (κ3) is 3.44. The Kier molecular flexibility index (Phi) is 4.87. The lowest BCUT2D eigenvalue weighted by atomic mass is 9.92. The van der Waals surface area contributed by atoms with Gasteiger partial charge in [0, 0.05) is 0 Å². The molecule has 0 spiro atoms. The maximum Gasteiger partial charge on any atom is 0.139 e. The van der Waals surface area contributed by atoms with Gasteiger partial charge in [-0.15, -0.1) is 0 Å². The van der Waals surface area contributed by atoms with Crippen LogP contribution in [0.5, 0.6) is 5.75 Å². The van der Waals surface area contributed by atoms with Crippen LogP contribution in [0.1, 0.15) is 29.5 Å². The molecule has 0 unspecified atom stereocenters. The topological polar surface area (TPSA) is 23.5 Å². The second-order valence-electron chi connectivity index (χ2n) is 6.38. The highest BCUT2D eigenvalue weighted by Gasteiger charge is 2.14. The SMILES string of the molecule is Cc1cc(F)c(C#CCN2CCCC2)c(C)c1-c1ccc(O)cc1. The van der Waals surface area contributed by atoms with E-state index in [4.69, 9.17) is 0 Å². The molecule has 124 valence electrons. The van der Waals surface area contributed by atoms with Gasteiger partial charge in [-0.1, -0.05) is 24.0 Å². The molecule has 2 nitrogen and oxygen atoms in total. The quantitative estimate of drug-likeness (QED) is 0.835. The third-order valence-electron chi connectivity index (χ3n) is 4.60. The number of halogens is 1. The predicted molar refractivity (Wildman–Crippen MR) is 95.5 cm³/mol. The molecular formula is C21H22FNO. The molecule has 0 aliphatic carbocycles. The van der Waals surface area contributed by atoms with Crippen molar-refractivity contribution < 1.29 is 9.50 Å². The molecule has 0 radical (unpaired) electrons. The van der Waals surface area contributed by atoms with E-state index in [2.05, 4.69) is 16.7 Å². The predicted octanol–water partition coefficient (Wildman–Crippen LogP) is 4.26. The molecule has 24 heavy (non-hydrogen) atoms. The Balaban J connectivity index is 1.96. The van der Waals surface area contributed by atoms with Gasteiger partial charge in [0.2, 0.25) is 0 Å². The Labute approximate surface area is 142 Å². The van der Waals surface area contributed by atoms with Gasteiger partial charge in [0.25, 0.3) is 0 Å². The second-order valence-corrected chi connectivity index (χ2v) is 6.38. The lowest BCUT2D eigenvalue weighted by Gasteiger charge is -2.13. The molecule has 1 fully saturated rings. The van der Waals surface area contributed by atoms with Gasteiger partial charge >= 0.3 is 0 Å². The Morgan fingerprint density at radius 1 is 1.12 bits per heavy atom. The molecule has 1 N–H and O–H groups in total. The normalized spacial score (nSPS) is 14.5. The van der Waals surface area contributed by atoms with E-state index in [1.807, 2.05) is 26.0 Å². The van der Waals surface area contributed by atoms with E-state index in [1.54, 1.807) is 18.2 Å². The van der Waals surface area contributed by atoms with Crippen molar-refractivity contribution in [2.75, 3.05) is 19.6 Å². The van der Waals surface area contributed by atoms with Gasteiger partial charge in [-0.2, -0.15) is 0 Å². The molecular weight excluding hydrogens is 301 g/mol. The molecule has 1 saturated heterocycles. The number of aryl methyl sites for hydroxylation is 1. The van der Waals surface area contributed by atoms with E-state index in [1.165, 1.54) is 12.8 Å². The summed E-state index contributed by atoms with van der Waals surface area (Å²) in [5, 5.41) is 9.47. The fraction of sp³-hybridized carbons (Fsp3) is 0.333. The van der Waals surface area contributed by atoms with E-state index in [-0.39, 0.29) is 11.6 Å². The third-order valence-corrected chi connectivity index (χ3v) is 4.60. The number of likely N-dealkylation sites (tertiary alicyclic amines) is 1. The number of nitrogens with zero attached hydrogens (tertiary/aromatic N) is 1. The zero-order valence-corrected chi connectivity index (χ0v) is 14.2. The summed E-state index contributed by atoms with van der Waals surface area (Å²) in [7, 11) is 0. The van der Waals surface area contributed by atoms with Crippen LogP contribution in [0.2, 0.25) is 0 Å². The van der Waals surface area contributed by atoms with Crippen molar-refractivity contribution in [2.24, 2.45) is 0 Å². The maximum atomic E-state index is 14.4. The lowest BCUT2D eigenvalue weighted by molar-refractivity contribution is 0.383. The molecule has 0 aromatic heterocycles. The Morgan fingerprint density at radius 3 is 2.46 bits per heavy atom. The van der Waals surface area contributed by atoms with Gasteiger partial charge in [-0.05, 0) is 80.2 Å². The van der Waals surface area contributed by atoms with E-state index in [9.17, 15) is 9.50 Å². The number of phenols is 1. The monoisotopic (exact) mass is 323 g/mol. The van der Waals surface area contributed by atoms with Crippen molar-refractivity contribution in [2.45, 2.75) is 26.7 Å². The van der Waals surface area contributed by atoms with Crippen LogP contribution in [0.25, 0.3) is 11.1 Å². The highest BCUT2D eigenvalue weighted by atomic mass is 19.1. The Hall–Kier alpha value is -2.31. The van der Waals surface area contributed by atoms with Crippen LogP contribution in [-0.2, 0) is 0 Å². The first kappa shape index (κ1) is 16.5. The van der Waals surface area contributed by atoms with Crippen LogP contribution in [0.4, 0.5) is 4.39 Å². The summed E-state index contributed by atoms with van der Waals surface area (Å²) in [6.07, 6.45) is 2.45. The van der Waals surface area contributed by atoms with Crippen molar-refractivity contribution >= 4 is 0 Å². The van der Waals surface area contributed by atoms with Crippen LogP contribution in [0, 0.1) is 31.5 Å². The average Bonchev–Trinajstić information content (AvgIpc) is 3.05. The van der Waals surface area contributed by atoms with Gasteiger partial charge in [0.1, 0.15) is 11.6 Å². The number of hydrogen-bond donors (Lipinski definition) is 1. The standard InChI is InChI=1S/C21H22FNO/c1-15-14-20(22)19(6-5-13-23-11-3-4-12-23)16(2)21(15)17-7-9-18(24)10-8-17/h7-10,14,24H,3-4,11-13H2,1-2H3. The van der Waals surface area contributed by atoms with Crippen LogP contribution < -0.4 is 0 Å². The fourth-order valence-electron chi connectivity index (χ4n) is 3.34. The Morgan fingerprint density at radius 2 is 1.79 bits per heavy atom. The minimum absolute atomic E-state index is 0.224. The summed E-state index contributed by atoms with van der Waals surface area (Å²) in [6.45, 7) is 6.69. The van der Waals surface area contributed by atoms with Crippen LogP contribution in [0.3, 0.4) is 0 Å². The van der Waals surface area contributed by atoms with Gasteiger partial charge in [-0.3, -0.25) is 4.90 Å². The molecule has 0 bridgehead atoms. The van der Waals surface area contributed by atoms with Gasteiger partial charge in [0.05, 0.1) is 12.1 Å². The summed E-state index contributed by atoms with van der Waals surface area (Å²) in [5.41, 5.74) is 4.16. The number of rotatable bonds is 2. The number of phenolic OH excluding ortho intramolecular Hbond substituents is 1. The summed E-state index contributed by atoms with van der Waals surface area (Å²) < 4.78 is 14.4. The van der Waals surface area contributed by atoms with E-state index >= 15 is 0 Å². The van der Waals surface area contributed by atoms with Crippen molar-refractivity contribution in [1.29, 1.82) is 0 Å². The van der Waals surface area contributed by atoms with Gasteiger partial charge in [-0.25, -0.2) is 4.39 Å². The van der Waals surface area contributed by atoms with Crippen LogP contribution in [-0.4, -0.2) is 29.6 Å².